The van der Waals surface area contributed by atoms with E-state index in [9.17, 15) is 9.59 Å². The lowest BCUT2D eigenvalue weighted by Gasteiger charge is -2.18. The predicted molar refractivity (Wildman–Crippen MR) is 99.7 cm³/mol. The summed E-state index contributed by atoms with van der Waals surface area (Å²) in [6, 6.07) is 13.6. The van der Waals surface area contributed by atoms with E-state index in [1.165, 1.54) is 5.56 Å². The lowest BCUT2D eigenvalue weighted by Crippen LogP contribution is -2.42. The van der Waals surface area contributed by atoms with Crippen molar-refractivity contribution >= 4 is 17.5 Å². The molecule has 0 bridgehead atoms. The number of hydrogen-bond acceptors (Lipinski definition) is 2. The van der Waals surface area contributed by atoms with Crippen LogP contribution in [-0.2, 0) is 16.0 Å². The topological polar surface area (TPSA) is 49.4 Å². The van der Waals surface area contributed by atoms with E-state index in [4.69, 9.17) is 0 Å². The van der Waals surface area contributed by atoms with Crippen molar-refractivity contribution in [3.8, 4) is 0 Å². The molecular formula is C21H24N2O2. The lowest BCUT2D eigenvalue weighted by atomic mass is 10.1. The first kappa shape index (κ1) is 17.2. The number of nitrogens with one attached hydrogen (secondary N) is 1. The largest absolute Gasteiger partial charge is 0.344 e. The van der Waals surface area contributed by atoms with Gasteiger partial charge in [-0.3, -0.25) is 9.59 Å². The van der Waals surface area contributed by atoms with Crippen LogP contribution < -0.4 is 10.2 Å². The van der Waals surface area contributed by atoms with Gasteiger partial charge in [0.05, 0.1) is 6.42 Å². The van der Waals surface area contributed by atoms with Crippen LogP contribution in [0.4, 0.5) is 5.69 Å². The Morgan fingerprint density at radius 3 is 2.32 bits per heavy atom. The minimum absolute atomic E-state index is 0.0257. The molecule has 0 aromatic heterocycles. The summed E-state index contributed by atoms with van der Waals surface area (Å²) in [4.78, 5) is 26.7. The van der Waals surface area contributed by atoms with Crippen molar-refractivity contribution in [1.29, 1.82) is 0 Å². The third-order valence-corrected chi connectivity index (χ3v) is 4.54. The first-order valence-corrected chi connectivity index (χ1v) is 8.67. The standard InChI is InChI=1S/C21H24N2O2/c1-14-4-6-17(7-5-14)13-20(24)22-19-8-9-23(21(19)25)18-11-15(2)10-16(3)12-18/h4-7,10-12,19H,8-9,13H2,1-3H3,(H,22,24)/t19-/m0/s1. The molecule has 2 aromatic rings. The molecule has 4 nitrogen and oxygen atoms in total. The third kappa shape index (κ3) is 4.08. The van der Waals surface area contributed by atoms with Gasteiger partial charge in [0.25, 0.3) is 0 Å². The zero-order valence-corrected chi connectivity index (χ0v) is 15.0. The van der Waals surface area contributed by atoms with E-state index in [2.05, 4.69) is 11.4 Å². The lowest BCUT2D eigenvalue weighted by molar-refractivity contribution is -0.126. The minimum Gasteiger partial charge on any atom is -0.344 e. The van der Waals surface area contributed by atoms with Gasteiger partial charge in [0, 0.05) is 12.2 Å². The van der Waals surface area contributed by atoms with Gasteiger partial charge in [0.15, 0.2) is 0 Å². The fraction of sp³-hybridized carbons (Fsp3) is 0.333. The molecule has 0 radical (unpaired) electrons. The molecule has 4 heteroatoms. The van der Waals surface area contributed by atoms with Crippen LogP contribution in [0.25, 0.3) is 0 Å². The van der Waals surface area contributed by atoms with Crippen molar-refractivity contribution in [3.05, 3.63) is 64.7 Å². The molecule has 0 saturated carbocycles. The van der Waals surface area contributed by atoms with E-state index < -0.39 is 6.04 Å². The molecule has 1 fully saturated rings. The van der Waals surface area contributed by atoms with Crippen molar-refractivity contribution in [2.24, 2.45) is 0 Å². The van der Waals surface area contributed by atoms with E-state index >= 15 is 0 Å². The van der Waals surface area contributed by atoms with Crippen LogP contribution >= 0.6 is 0 Å². The van der Waals surface area contributed by atoms with E-state index in [-0.39, 0.29) is 11.8 Å². The number of carbonyl (C=O) groups excluding carboxylic acids is 2. The Bertz CT molecular complexity index is 776. The Labute approximate surface area is 148 Å². The van der Waals surface area contributed by atoms with Gasteiger partial charge < -0.3 is 10.2 Å². The van der Waals surface area contributed by atoms with Gasteiger partial charge in [0.1, 0.15) is 6.04 Å². The Hall–Kier alpha value is -2.62. The second kappa shape index (κ2) is 7.09. The molecular weight excluding hydrogens is 312 g/mol. The van der Waals surface area contributed by atoms with Gasteiger partial charge in [-0.25, -0.2) is 0 Å². The Kier molecular flexibility index (Phi) is 4.88. The summed E-state index contributed by atoms with van der Waals surface area (Å²) < 4.78 is 0. The summed E-state index contributed by atoms with van der Waals surface area (Å²) in [5, 5.41) is 2.89. The van der Waals surface area contributed by atoms with E-state index in [0.29, 0.717) is 19.4 Å². The number of rotatable bonds is 4. The van der Waals surface area contributed by atoms with Gasteiger partial charge in [-0.2, -0.15) is 0 Å². The number of aryl methyl sites for hydroxylation is 3. The average molecular weight is 336 g/mol. The maximum Gasteiger partial charge on any atom is 0.249 e. The highest BCUT2D eigenvalue weighted by molar-refractivity contribution is 6.01. The molecule has 1 N–H and O–H groups in total. The SMILES string of the molecule is Cc1ccc(CC(=O)N[C@H]2CCN(c3cc(C)cc(C)c3)C2=O)cc1. The van der Waals surface area contributed by atoms with Crippen LogP contribution in [0.2, 0.25) is 0 Å². The molecule has 0 spiro atoms. The molecule has 25 heavy (non-hydrogen) atoms. The van der Waals surface area contributed by atoms with Gasteiger partial charge in [-0.05, 0) is 56.0 Å². The van der Waals surface area contributed by atoms with Crippen LogP contribution in [0.15, 0.2) is 42.5 Å². The fourth-order valence-electron chi connectivity index (χ4n) is 3.31. The molecule has 1 aliphatic rings. The highest BCUT2D eigenvalue weighted by Crippen LogP contribution is 2.24. The number of nitrogens with zero attached hydrogens (tertiary/aromatic N) is 1. The van der Waals surface area contributed by atoms with Crippen molar-refractivity contribution in [2.75, 3.05) is 11.4 Å². The molecule has 130 valence electrons. The number of anilines is 1. The van der Waals surface area contributed by atoms with Gasteiger partial charge in [-0.15, -0.1) is 0 Å². The van der Waals surface area contributed by atoms with Crippen molar-refractivity contribution in [1.82, 2.24) is 5.32 Å². The Balaban J connectivity index is 1.63. The summed E-state index contributed by atoms with van der Waals surface area (Å²) in [5.74, 6) is -0.133. The zero-order chi connectivity index (χ0) is 18.0. The molecule has 2 aromatic carbocycles. The van der Waals surface area contributed by atoms with Gasteiger partial charge in [-0.1, -0.05) is 35.9 Å². The van der Waals surface area contributed by atoms with Gasteiger partial charge in [0.2, 0.25) is 11.8 Å². The smallest absolute Gasteiger partial charge is 0.249 e. The van der Waals surface area contributed by atoms with Crippen molar-refractivity contribution in [2.45, 2.75) is 39.7 Å². The Morgan fingerprint density at radius 1 is 1.04 bits per heavy atom. The number of amides is 2. The fourth-order valence-corrected chi connectivity index (χ4v) is 3.31. The van der Waals surface area contributed by atoms with Crippen LogP contribution in [0, 0.1) is 20.8 Å². The molecule has 2 amide bonds. The van der Waals surface area contributed by atoms with Crippen LogP contribution in [-0.4, -0.2) is 24.4 Å². The highest BCUT2D eigenvalue weighted by Gasteiger charge is 2.33. The van der Waals surface area contributed by atoms with Crippen molar-refractivity contribution in [3.63, 3.8) is 0 Å². The van der Waals surface area contributed by atoms with E-state index in [1.54, 1.807) is 4.90 Å². The normalized spacial score (nSPS) is 17.0. The van der Waals surface area contributed by atoms with Crippen molar-refractivity contribution < 1.29 is 9.59 Å². The predicted octanol–water partition coefficient (Wildman–Crippen LogP) is 3.08. The van der Waals surface area contributed by atoms with E-state index in [1.807, 2.05) is 57.2 Å². The van der Waals surface area contributed by atoms with Crippen LogP contribution in [0.5, 0.6) is 0 Å². The Morgan fingerprint density at radius 2 is 1.68 bits per heavy atom. The first-order valence-electron chi connectivity index (χ1n) is 8.67. The molecule has 1 saturated heterocycles. The maximum absolute atomic E-state index is 12.7. The van der Waals surface area contributed by atoms with Gasteiger partial charge >= 0.3 is 0 Å². The number of hydrogen-bond donors (Lipinski definition) is 1. The summed E-state index contributed by atoms with van der Waals surface area (Å²) in [5.41, 5.74) is 5.31. The monoisotopic (exact) mass is 336 g/mol. The van der Waals surface area contributed by atoms with Crippen LogP contribution in [0.1, 0.15) is 28.7 Å². The van der Waals surface area contributed by atoms with E-state index in [0.717, 1.165) is 22.4 Å². The third-order valence-electron chi connectivity index (χ3n) is 4.54. The highest BCUT2D eigenvalue weighted by atomic mass is 16.2. The molecule has 0 aliphatic carbocycles. The summed E-state index contributed by atoms with van der Waals surface area (Å²) >= 11 is 0. The first-order chi connectivity index (χ1) is 11.9. The molecule has 1 heterocycles. The number of carbonyl (C=O) groups is 2. The quantitative estimate of drug-likeness (QED) is 0.933. The number of benzene rings is 2. The molecule has 0 unspecified atom stereocenters. The molecule has 3 rings (SSSR count). The van der Waals surface area contributed by atoms with Crippen LogP contribution in [0.3, 0.4) is 0 Å². The summed E-state index contributed by atoms with van der Waals surface area (Å²) in [6.45, 7) is 6.70. The minimum atomic E-state index is -0.432. The average Bonchev–Trinajstić information content (AvgIpc) is 2.89. The second-order valence-corrected chi connectivity index (χ2v) is 6.91. The summed E-state index contributed by atoms with van der Waals surface area (Å²) in [7, 11) is 0. The molecule has 1 atom stereocenters. The second-order valence-electron chi connectivity index (χ2n) is 6.91. The summed E-state index contributed by atoms with van der Waals surface area (Å²) in [6.07, 6.45) is 0.944. The zero-order valence-electron chi connectivity index (χ0n) is 15.0. The molecule has 1 aliphatic heterocycles. The maximum atomic E-state index is 12.7.